The van der Waals surface area contributed by atoms with Gasteiger partial charge in [-0.15, -0.1) is 0 Å². The molecule has 0 spiro atoms. The second-order valence-electron chi connectivity index (χ2n) is 3.86. The maximum atomic E-state index is 13.9. The lowest BCUT2D eigenvalue weighted by Gasteiger charge is -2.00. The summed E-state index contributed by atoms with van der Waals surface area (Å²) >= 11 is 0. The molecule has 0 aliphatic carbocycles. The molecule has 0 N–H and O–H groups in total. The van der Waals surface area contributed by atoms with Gasteiger partial charge in [-0.05, 0) is 24.3 Å². The van der Waals surface area contributed by atoms with Crippen LogP contribution in [0.2, 0.25) is 0 Å². The number of para-hydroxylation sites is 1. The predicted molar refractivity (Wildman–Crippen MR) is 72.4 cm³/mol. The first-order chi connectivity index (χ1) is 8.97. The summed E-state index contributed by atoms with van der Waals surface area (Å²) in [5.74, 6) is -0.533. The van der Waals surface area contributed by atoms with E-state index in [2.05, 4.69) is 4.18 Å². The molecule has 0 fully saturated rings. The van der Waals surface area contributed by atoms with Gasteiger partial charge < -0.3 is 4.18 Å². The normalized spacial score (nSPS) is 13.3. The largest absolute Gasteiger partial charge is 0.391 e. The molecule has 1 heterocycles. The fourth-order valence-electron chi connectivity index (χ4n) is 1.60. The van der Waals surface area contributed by atoms with Gasteiger partial charge in [-0.1, -0.05) is 18.2 Å². The first kappa shape index (κ1) is 13.4. The van der Waals surface area contributed by atoms with Crippen LogP contribution in [0.4, 0.5) is 4.39 Å². The Morgan fingerprint density at radius 1 is 1.32 bits per heavy atom. The average molecular weight is 281 g/mol. The molecule has 0 saturated heterocycles. The molecule has 0 bridgehead atoms. The van der Waals surface area contributed by atoms with E-state index >= 15 is 0 Å². The molecule has 2 aromatic rings. The predicted octanol–water partition coefficient (Wildman–Crippen LogP) is 2.90. The summed E-state index contributed by atoms with van der Waals surface area (Å²) in [7, 11) is -3.56. The number of benzene rings is 1. The molecule has 0 amide bonds. The van der Waals surface area contributed by atoms with Gasteiger partial charge in [0.2, 0.25) is 0 Å². The Labute approximate surface area is 110 Å². The van der Waals surface area contributed by atoms with Crippen LogP contribution < -0.4 is 0 Å². The number of hydrogen-bond acceptors (Lipinski definition) is 3. The lowest BCUT2D eigenvalue weighted by molar-refractivity contribution is 0.449. The Hall–Kier alpha value is -2.08. The number of halogens is 1. The van der Waals surface area contributed by atoms with Gasteiger partial charge in [0.1, 0.15) is 6.26 Å². The molecule has 19 heavy (non-hydrogen) atoms. The minimum atomic E-state index is -3.56. The Morgan fingerprint density at radius 2 is 2.05 bits per heavy atom. The minimum Gasteiger partial charge on any atom is -0.391 e. The first-order valence-electron chi connectivity index (χ1n) is 5.44. The Kier molecular flexibility index (Phi) is 3.71. The summed E-state index contributed by atoms with van der Waals surface area (Å²) in [6, 6.07) is 9.14. The number of hydrogen-bond donors (Lipinski definition) is 0. The molecular formula is C13H12FNO3S. The van der Waals surface area contributed by atoms with E-state index < -0.39 is 16.1 Å². The molecule has 1 aromatic carbocycles. The quantitative estimate of drug-likeness (QED) is 0.492. The molecule has 4 nitrogen and oxygen atoms in total. The second-order valence-corrected chi connectivity index (χ2v) is 5.46. The van der Waals surface area contributed by atoms with Crippen molar-refractivity contribution in [2.75, 3.05) is 6.26 Å². The summed E-state index contributed by atoms with van der Waals surface area (Å²) in [6.07, 6.45) is 5.74. The van der Waals surface area contributed by atoms with Crippen molar-refractivity contribution in [2.45, 2.75) is 0 Å². The van der Waals surface area contributed by atoms with Crippen molar-refractivity contribution < 1.29 is 17.0 Å². The molecule has 0 unspecified atom stereocenters. The summed E-state index contributed by atoms with van der Waals surface area (Å²) < 4.78 is 41.0. The molecule has 0 saturated carbocycles. The van der Waals surface area contributed by atoms with E-state index in [-0.39, 0.29) is 0 Å². The molecule has 0 aliphatic rings. The lowest BCUT2D eigenvalue weighted by atomic mass is 10.2. The van der Waals surface area contributed by atoms with Gasteiger partial charge in [-0.25, -0.2) is 0 Å². The Balaban J connectivity index is 2.22. The van der Waals surface area contributed by atoms with Gasteiger partial charge in [0.25, 0.3) is 0 Å². The number of nitrogens with zero attached hydrogens (tertiary/aromatic N) is 1. The van der Waals surface area contributed by atoms with Crippen LogP contribution in [0.15, 0.2) is 54.9 Å². The Bertz CT molecular complexity index is 744. The minimum absolute atomic E-state index is 0.533. The van der Waals surface area contributed by atoms with Crippen LogP contribution in [0.3, 0.4) is 0 Å². The van der Waals surface area contributed by atoms with Crippen LogP contribution >= 0.6 is 0 Å². The third kappa shape index (κ3) is 3.45. The van der Waals surface area contributed by atoms with Crippen LogP contribution in [-0.2, 0) is 14.3 Å². The van der Waals surface area contributed by atoms with Crippen molar-refractivity contribution in [1.29, 1.82) is 0 Å². The topological polar surface area (TPSA) is 48.3 Å². The maximum Gasteiger partial charge on any atom is 0.305 e. The summed E-state index contributed by atoms with van der Waals surface area (Å²) in [5.41, 5.74) is 0.730. The smallest absolute Gasteiger partial charge is 0.305 e. The first-order valence-corrected chi connectivity index (χ1v) is 7.26. The zero-order valence-electron chi connectivity index (χ0n) is 10.2. The van der Waals surface area contributed by atoms with E-state index in [1.807, 2.05) is 18.2 Å². The molecular weight excluding hydrogens is 269 g/mol. The van der Waals surface area contributed by atoms with Crippen molar-refractivity contribution in [3.8, 4) is 0 Å². The third-order valence-corrected chi connectivity index (χ3v) is 2.83. The van der Waals surface area contributed by atoms with E-state index in [0.29, 0.717) is 0 Å². The monoisotopic (exact) mass is 281 g/mol. The van der Waals surface area contributed by atoms with Gasteiger partial charge in [0, 0.05) is 11.6 Å². The summed E-state index contributed by atoms with van der Waals surface area (Å²) in [4.78, 5) is 0. The van der Waals surface area contributed by atoms with E-state index in [9.17, 15) is 12.8 Å². The van der Waals surface area contributed by atoms with Crippen LogP contribution in [0, 0.1) is 0 Å². The highest BCUT2D eigenvalue weighted by Gasteiger charge is 2.03. The lowest BCUT2D eigenvalue weighted by Crippen LogP contribution is -1.95. The SMILES string of the molecule is CS(=O)(=O)O/C=C\C=C(\F)n1ccc2ccccc21. The van der Waals surface area contributed by atoms with E-state index in [0.717, 1.165) is 29.5 Å². The van der Waals surface area contributed by atoms with Gasteiger partial charge >= 0.3 is 10.1 Å². The standard InChI is InChI=1S/C13H12FNO3S/c1-19(16,17)18-10-4-7-13(14)15-9-8-11-5-2-3-6-12(11)15/h2-10H,1H3/b10-4-,13-7-. The summed E-state index contributed by atoms with van der Waals surface area (Å²) in [6.45, 7) is 0. The van der Waals surface area contributed by atoms with Gasteiger partial charge in [-0.2, -0.15) is 12.8 Å². The van der Waals surface area contributed by atoms with Crippen LogP contribution in [0.25, 0.3) is 16.9 Å². The van der Waals surface area contributed by atoms with Gasteiger partial charge in [0.15, 0.2) is 5.95 Å². The fourth-order valence-corrected chi connectivity index (χ4v) is 1.87. The molecule has 0 radical (unpaired) electrons. The van der Waals surface area contributed by atoms with Gasteiger partial charge in [-0.3, -0.25) is 4.57 Å². The highest BCUT2D eigenvalue weighted by molar-refractivity contribution is 7.86. The number of aromatic nitrogens is 1. The van der Waals surface area contributed by atoms with Crippen molar-refractivity contribution in [3.05, 3.63) is 54.9 Å². The molecule has 0 atom stereocenters. The average Bonchev–Trinajstić information content (AvgIpc) is 2.77. The third-order valence-electron chi connectivity index (χ3n) is 2.37. The molecule has 2 rings (SSSR count). The van der Waals surface area contributed by atoms with E-state index in [1.165, 1.54) is 10.6 Å². The zero-order chi connectivity index (χ0) is 13.9. The van der Waals surface area contributed by atoms with Gasteiger partial charge in [0.05, 0.1) is 11.8 Å². The van der Waals surface area contributed by atoms with Crippen molar-refractivity contribution in [2.24, 2.45) is 0 Å². The second kappa shape index (κ2) is 5.27. The maximum absolute atomic E-state index is 13.9. The van der Waals surface area contributed by atoms with E-state index in [1.54, 1.807) is 18.3 Å². The highest BCUT2D eigenvalue weighted by atomic mass is 32.2. The molecule has 1 aromatic heterocycles. The van der Waals surface area contributed by atoms with E-state index in [4.69, 9.17) is 0 Å². The number of allylic oxidation sites excluding steroid dienone is 2. The van der Waals surface area contributed by atoms with Crippen molar-refractivity contribution in [3.63, 3.8) is 0 Å². The van der Waals surface area contributed by atoms with Crippen LogP contribution in [0.1, 0.15) is 0 Å². The zero-order valence-corrected chi connectivity index (χ0v) is 11.0. The van der Waals surface area contributed by atoms with Crippen LogP contribution in [0.5, 0.6) is 0 Å². The summed E-state index contributed by atoms with van der Waals surface area (Å²) in [5, 5.41) is 0.919. The molecule has 0 aliphatic heterocycles. The number of rotatable bonds is 4. The van der Waals surface area contributed by atoms with Crippen molar-refractivity contribution >= 4 is 27.0 Å². The fraction of sp³-hybridized carbons (Fsp3) is 0.0769. The molecule has 100 valence electrons. The highest BCUT2D eigenvalue weighted by Crippen LogP contribution is 2.20. The van der Waals surface area contributed by atoms with Crippen molar-refractivity contribution in [1.82, 2.24) is 4.57 Å². The Morgan fingerprint density at radius 3 is 2.79 bits per heavy atom. The molecule has 6 heteroatoms. The van der Waals surface area contributed by atoms with Crippen LogP contribution in [-0.4, -0.2) is 19.2 Å². The number of fused-ring (bicyclic) bond motifs is 1.